The van der Waals surface area contributed by atoms with E-state index in [0.717, 1.165) is 11.6 Å². The Morgan fingerprint density at radius 3 is 2.12 bits per heavy atom. The number of hydrogen-bond acceptors (Lipinski definition) is 4. The monoisotopic (exact) mass is 222 g/mol. The fourth-order valence-corrected chi connectivity index (χ4v) is 1.25. The summed E-state index contributed by atoms with van der Waals surface area (Å²) in [5.74, 6) is 0.611. The van der Waals surface area contributed by atoms with Crippen molar-refractivity contribution in [3.05, 3.63) is 30.4 Å². The maximum atomic E-state index is 11.2. The Kier molecular flexibility index (Phi) is 3.94. The van der Waals surface area contributed by atoms with Gasteiger partial charge < -0.3 is 14.2 Å². The van der Waals surface area contributed by atoms with E-state index in [0.29, 0.717) is 11.5 Å². The van der Waals surface area contributed by atoms with Crippen molar-refractivity contribution in [2.24, 2.45) is 0 Å². The molecular formula is C12H14O4. The zero-order valence-corrected chi connectivity index (χ0v) is 9.57. The molecule has 0 heterocycles. The van der Waals surface area contributed by atoms with Gasteiger partial charge in [0, 0.05) is 6.08 Å². The molecule has 0 atom stereocenters. The van der Waals surface area contributed by atoms with E-state index in [1.807, 2.05) is 6.92 Å². The van der Waals surface area contributed by atoms with E-state index in [2.05, 4.69) is 6.58 Å². The molecule has 0 aliphatic rings. The minimum atomic E-state index is -0.555. The standard InChI is InChI=1S/C12H14O4/c1-5-11(13)16-12-9(14-3)6-8(2)7-10(12)15-4/h5-7H,1H2,2-4H3. The summed E-state index contributed by atoms with van der Waals surface area (Å²) in [5, 5.41) is 0. The summed E-state index contributed by atoms with van der Waals surface area (Å²) in [5.41, 5.74) is 0.951. The predicted molar refractivity (Wildman–Crippen MR) is 60.1 cm³/mol. The number of carbonyl (C=O) groups excluding carboxylic acids is 1. The first-order valence-corrected chi connectivity index (χ1v) is 4.69. The highest BCUT2D eigenvalue weighted by atomic mass is 16.6. The molecule has 0 saturated carbocycles. The van der Waals surface area contributed by atoms with Crippen molar-refractivity contribution in [1.29, 1.82) is 0 Å². The predicted octanol–water partition coefficient (Wildman–Crippen LogP) is 2.10. The van der Waals surface area contributed by atoms with Gasteiger partial charge in [0.25, 0.3) is 0 Å². The lowest BCUT2D eigenvalue weighted by molar-refractivity contribution is -0.129. The first-order valence-electron chi connectivity index (χ1n) is 4.69. The van der Waals surface area contributed by atoms with Gasteiger partial charge in [-0.15, -0.1) is 0 Å². The number of ether oxygens (including phenoxy) is 3. The third-order valence-corrected chi connectivity index (χ3v) is 1.97. The molecule has 86 valence electrons. The van der Waals surface area contributed by atoms with Crippen LogP contribution in [0.25, 0.3) is 0 Å². The van der Waals surface area contributed by atoms with E-state index >= 15 is 0 Å². The number of esters is 1. The average Bonchev–Trinajstić information content (AvgIpc) is 2.30. The second kappa shape index (κ2) is 5.21. The van der Waals surface area contributed by atoms with E-state index in [9.17, 15) is 4.79 Å². The van der Waals surface area contributed by atoms with Crippen LogP contribution in [0, 0.1) is 6.92 Å². The number of benzene rings is 1. The fourth-order valence-electron chi connectivity index (χ4n) is 1.25. The molecule has 0 bridgehead atoms. The lowest BCUT2D eigenvalue weighted by atomic mass is 10.2. The SMILES string of the molecule is C=CC(=O)Oc1c(OC)cc(C)cc1OC. The van der Waals surface area contributed by atoms with Gasteiger partial charge in [-0.05, 0) is 24.6 Å². The van der Waals surface area contributed by atoms with Crippen LogP contribution in [0.5, 0.6) is 17.2 Å². The van der Waals surface area contributed by atoms with Crippen LogP contribution in [0.1, 0.15) is 5.56 Å². The molecule has 0 unspecified atom stereocenters. The smallest absolute Gasteiger partial charge is 0.335 e. The van der Waals surface area contributed by atoms with Crippen molar-refractivity contribution < 1.29 is 19.0 Å². The van der Waals surface area contributed by atoms with Crippen LogP contribution in [-0.4, -0.2) is 20.2 Å². The average molecular weight is 222 g/mol. The molecule has 4 heteroatoms. The van der Waals surface area contributed by atoms with Crippen LogP contribution >= 0.6 is 0 Å². The Labute approximate surface area is 94.4 Å². The van der Waals surface area contributed by atoms with E-state index in [4.69, 9.17) is 14.2 Å². The highest BCUT2D eigenvalue weighted by molar-refractivity contribution is 5.84. The normalized spacial score (nSPS) is 9.44. The highest BCUT2D eigenvalue weighted by Crippen LogP contribution is 2.38. The summed E-state index contributed by atoms with van der Waals surface area (Å²) in [6.45, 7) is 5.22. The molecule has 16 heavy (non-hydrogen) atoms. The third kappa shape index (κ3) is 2.53. The van der Waals surface area contributed by atoms with Crippen LogP contribution in [-0.2, 0) is 4.79 Å². The highest BCUT2D eigenvalue weighted by Gasteiger charge is 2.15. The zero-order valence-electron chi connectivity index (χ0n) is 9.57. The van der Waals surface area contributed by atoms with Crippen molar-refractivity contribution in [1.82, 2.24) is 0 Å². The van der Waals surface area contributed by atoms with E-state index in [-0.39, 0.29) is 5.75 Å². The second-order valence-corrected chi connectivity index (χ2v) is 3.12. The van der Waals surface area contributed by atoms with Crippen molar-refractivity contribution in [3.8, 4) is 17.2 Å². The molecule has 0 aromatic heterocycles. The van der Waals surface area contributed by atoms with Crippen molar-refractivity contribution in [2.75, 3.05) is 14.2 Å². The van der Waals surface area contributed by atoms with Gasteiger partial charge in [0.15, 0.2) is 11.5 Å². The molecule has 0 aliphatic heterocycles. The molecule has 0 aliphatic carbocycles. The first-order chi connectivity index (χ1) is 7.62. The van der Waals surface area contributed by atoms with Crippen LogP contribution in [0.3, 0.4) is 0 Å². The first kappa shape index (κ1) is 12.1. The van der Waals surface area contributed by atoms with Crippen molar-refractivity contribution in [3.63, 3.8) is 0 Å². The Balaban J connectivity index is 3.21. The molecule has 0 N–H and O–H groups in total. The Morgan fingerprint density at radius 2 is 1.75 bits per heavy atom. The summed E-state index contributed by atoms with van der Waals surface area (Å²) in [4.78, 5) is 11.2. The van der Waals surface area contributed by atoms with Gasteiger partial charge in [-0.3, -0.25) is 0 Å². The minimum Gasteiger partial charge on any atom is -0.493 e. The molecule has 0 fully saturated rings. The van der Waals surface area contributed by atoms with Gasteiger partial charge >= 0.3 is 5.97 Å². The van der Waals surface area contributed by atoms with Crippen LogP contribution < -0.4 is 14.2 Å². The molecule has 0 saturated heterocycles. The molecule has 1 aromatic rings. The van der Waals surface area contributed by atoms with Crippen LogP contribution in [0.4, 0.5) is 0 Å². The van der Waals surface area contributed by atoms with Crippen LogP contribution in [0.2, 0.25) is 0 Å². The fraction of sp³-hybridized carbons (Fsp3) is 0.250. The molecule has 0 radical (unpaired) electrons. The topological polar surface area (TPSA) is 44.8 Å². The van der Waals surface area contributed by atoms with Gasteiger partial charge in [0.1, 0.15) is 0 Å². The van der Waals surface area contributed by atoms with Gasteiger partial charge in [0.05, 0.1) is 14.2 Å². The van der Waals surface area contributed by atoms with Gasteiger partial charge in [-0.2, -0.15) is 0 Å². The zero-order chi connectivity index (χ0) is 12.1. The van der Waals surface area contributed by atoms with Crippen LogP contribution in [0.15, 0.2) is 24.8 Å². The maximum absolute atomic E-state index is 11.2. The van der Waals surface area contributed by atoms with Gasteiger partial charge in [0.2, 0.25) is 5.75 Å². The molecule has 1 aromatic carbocycles. The van der Waals surface area contributed by atoms with Crippen molar-refractivity contribution in [2.45, 2.75) is 6.92 Å². The summed E-state index contributed by atoms with van der Waals surface area (Å²) >= 11 is 0. The number of hydrogen-bond donors (Lipinski definition) is 0. The summed E-state index contributed by atoms with van der Waals surface area (Å²) in [6.07, 6.45) is 1.08. The summed E-state index contributed by atoms with van der Waals surface area (Å²) in [6, 6.07) is 3.52. The molecule has 1 rings (SSSR count). The molecule has 0 amide bonds. The quantitative estimate of drug-likeness (QED) is 0.444. The summed E-state index contributed by atoms with van der Waals surface area (Å²) in [7, 11) is 3.00. The lowest BCUT2D eigenvalue weighted by Crippen LogP contribution is -2.06. The molecular weight excluding hydrogens is 208 g/mol. The number of carbonyl (C=O) groups is 1. The number of methoxy groups -OCH3 is 2. The Hall–Kier alpha value is -1.97. The molecule has 0 spiro atoms. The third-order valence-electron chi connectivity index (χ3n) is 1.97. The molecule has 4 nitrogen and oxygen atoms in total. The Morgan fingerprint density at radius 1 is 1.25 bits per heavy atom. The Bertz CT molecular complexity index is 384. The number of aryl methyl sites for hydroxylation is 1. The van der Waals surface area contributed by atoms with E-state index < -0.39 is 5.97 Å². The van der Waals surface area contributed by atoms with Crippen molar-refractivity contribution >= 4 is 5.97 Å². The maximum Gasteiger partial charge on any atom is 0.335 e. The lowest BCUT2D eigenvalue weighted by Gasteiger charge is -2.13. The van der Waals surface area contributed by atoms with Gasteiger partial charge in [-0.1, -0.05) is 6.58 Å². The largest absolute Gasteiger partial charge is 0.493 e. The van der Waals surface area contributed by atoms with E-state index in [1.54, 1.807) is 12.1 Å². The second-order valence-electron chi connectivity index (χ2n) is 3.12. The van der Waals surface area contributed by atoms with Gasteiger partial charge in [-0.25, -0.2) is 4.79 Å². The minimum absolute atomic E-state index is 0.264. The van der Waals surface area contributed by atoms with E-state index in [1.165, 1.54) is 14.2 Å². The number of rotatable bonds is 4. The summed E-state index contributed by atoms with van der Waals surface area (Å²) < 4.78 is 15.3.